The lowest BCUT2D eigenvalue weighted by molar-refractivity contribution is -0.139. The zero-order valence-corrected chi connectivity index (χ0v) is 20.3. The van der Waals surface area contributed by atoms with Crippen molar-refractivity contribution in [3.63, 3.8) is 0 Å². The summed E-state index contributed by atoms with van der Waals surface area (Å²) in [7, 11) is 0. The number of amides is 3. The molecule has 2 aromatic rings. The summed E-state index contributed by atoms with van der Waals surface area (Å²) in [6.45, 7) is 6.16. The Labute approximate surface area is 205 Å². The molecule has 0 spiro atoms. The number of fused-ring (bicyclic) bond motifs is 1. The molecule has 0 unspecified atom stereocenters. The Balaban J connectivity index is 1.28. The maximum Gasteiger partial charge on any atom is 0.316 e. The summed E-state index contributed by atoms with van der Waals surface area (Å²) in [5.74, 6) is -1.07. The van der Waals surface area contributed by atoms with Gasteiger partial charge in [-0.1, -0.05) is 19.1 Å². The number of hydrogen-bond donors (Lipinski definition) is 0. The largest absolute Gasteiger partial charge is 0.426 e. The molecule has 1 saturated carbocycles. The predicted octanol–water partition coefficient (Wildman–Crippen LogP) is 4.19. The topological polar surface area (TPSA) is 84.0 Å². The fraction of sp³-hybridized carbons (Fsp3) is 0.429. The number of carbonyl (C=O) groups is 4. The normalized spacial score (nSPS) is 26.3. The smallest absolute Gasteiger partial charge is 0.316 e. The van der Waals surface area contributed by atoms with E-state index >= 15 is 0 Å². The van der Waals surface area contributed by atoms with Crippen molar-refractivity contribution in [3.05, 3.63) is 53.6 Å². The second kappa shape index (κ2) is 8.95. The molecular formula is C28H30N2O5. The van der Waals surface area contributed by atoms with E-state index in [0.717, 1.165) is 30.5 Å². The van der Waals surface area contributed by atoms with E-state index in [4.69, 9.17) is 4.74 Å². The summed E-state index contributed by atoms with van der Waals surface area (Å²) in [5.41, 5.74) is 3.05. The average Bonchev–Trinajstić information content (AvgIpc) is 3.32. The van der Waals surface area contributed by atoms with Crippen LogP contribution in [0.1, 0.15) is 43.7 Å². The number of rotatable bonds is 4. The highest BCUT2D eigenvalue weighted by molar-refractivity contribution is 6.22. The molecule has 3 fully saturated rings. The van der Waals surface area contributed by atoms with Crippen molar-refractivity contribution in [3.8, 4) is 5.75 Å². The molecular weight excluding hydrogens is 444 g/mol. The highest BCUT2D eigenvalue weighted by Crippen LogP contribution is 2.43. The highest BCUT2D eigenvalue weighted by Gasteiger charge is 2.50. The van der Waals surface area contributed by atoms with Gasteiger partial charge in [-0.25, -0.2) is 4.90 Å². The first-order valence-corrected chi connectivity index (χ1v) is 12.3. The van der Waals surface area contributed by atoms with Gasteiger partial charge in [0.25, 0.3) is 0 Å². The first-order valence-electron chi connectivity index (χ1n) is 12.3. The molecule has 5 rings (SSSR count). The van der Waals surface area contributed by atoms with E-state index in [2.05, 4.69) is 6.92 Å². The van der Waals surface area contributed by atoms with Crippen LogP contribution in [-0.2, 0) is 19.2 Å². The standard InChI is InChI=1S/C28H30N2O5/c1-16-5-4-6-20(11-16)29-15-19(14-25(29)31)28(34)35-21-8-10-24(18(3)13-21)30-26(32)22-9-7-17(2)12-23(22)27(30)33/h4-6,8,10-11,13,17,19,22-23H,7,9,12,14-15H2,1-3H3/t17-,19-,22-,23-/m1/s1. The van der Waals surface area contributed by atoms with Gasteiger partial charge < -0.3 is 9.64 Å². The molecule has 3 amide bonds. The van der Waals surface area contributed by atoms with Gasteiger partial charge in [-0.05, 0) is 80.5 Å². The van der Waals surface area contributed by atoms with E-state index in [9.17, 15) is 19.2 Å². The fourth-order valence-electron chi connectivity index (χ4n) is 5.68. The van der Waals surface area contributed by atoms with Gasteiger partial charge in [-0.2, -0.15) is 0 Å². The van der Waals surface area contributed by atoms with Crippen molar-refractivity contribution in [1.29, 1.82) is 0 Å². The number of hydrogen-bond acceptors (Lipinski definition) is 5. The maximum absolute atomic E-state index is 13.1. The first-order chi connectivity index (χ1) is 16.7. The van der Waals surface area contributed by atoms with Gasteiger partial charge in [0.1, 0.15) is 5.75 Å². The van der Waals surface area contributed by atoms with Crippen LogP contribution < -0.4 is 14.5 Å². The average molecular weight is 475 g/mol. The van der Waals surface area contributed by atoms with Gasteiger partial charge in [-0.3, -0.25) is 19.2 Å². The Morgan fingerprint density at radius 3 is 2.49 bits per heavy atom. The van der Waals surface area contributed by atoms with Crippen molar-refractivity contribution >= 4 is 35.1 Å². The van der Waals surface area contributed by atoms with Crippen LogP contribution in [0.25, 0.3) is 0 Å². The molecule has 7 nitrogen and oxygen atoms in total. The van der Waals surface area contributed by atoms with Gasteiger partial charge in [0, 0.05) is 18.7 Å². The fourth-order valence-corrected chi connectivity index (χ4v) is 5.68. The van der Waals surface area contributed by atoms with Crippen molar-refractivity contribution in [2.75, 3.05) is 16.3 Å². The van der Waals surface area contributed by atoms with Gasteiger partial charge in [-0.15, -0.1) is 0 Å². The minimum atomic E-state index is -0.560. The zero-order chi connectivity index (χ0) is 24.9. The molecule has 35 heavy (non-hydrogen) atoms. The molecule has 2 aromatic carbocycles. The van der Waals surface area contributed by atoms with Crippen molar-refractivity contribution in [2.45, 2.75) is 46.5 Å². The third-order valence-corrected chi connectivity index (χ3v) is 7.59. The number of anilines is 2. The van der Waals surface area contributed by atoms with Crippen LogP contribution in [0.4, 0.5) is 11.4 Å². The van der Waals surface area contributed by atoms with Crippen LogP contribution in [0, 0.1) is 37.5 Å². The molecule has 0 aromatic heterocycles. The summed E-state index contributed by atoms with van der Waals surface area (Å²) in [6, 6.07) is 12.6. The lowest BCUT2D eigenvalue weighted by Gasteiger charge is -2.25. The van der Waals surface area contributed by atoms with Gasteiger partial charge in [0.15, 0.2) is 0 Å². The lowest BCUT2D eigenvalue weighted by Crippen LogP contribution is -2.31. The van der Waals surface area contributed by atoms with E-state index in [1.165, 1.54) is 4.90 Å². The number of carbonyl (C=O) groups excluding carboxylic acids is 4. The first kappa shape index (κ1) is 23.3. The Bertz CT molecular complexity index is 1220. The lowest BCUT2D eigenvalue weighted by atomic mass is 9.76. The number of nitrogens with zero attached hydrogens (tertiary/aromatic N) is 2. The quantitative estimate of drug-likeness (QED) is 0.377. The second-order valence-corrected chi connectivity index (χ2v) is 10.3. The molecule has 0 radical (unpaired) electrons. The molecule has 1 aliphatic carbocycles. The Hall–Kier alpha value is -3.48. The SMILES string of the molecule is Cc1cccc(N2C[C@H](C(=O)Oc3ccc(N4C(=O)[C@@H]5CC[C@@H](C)C[C@H]5C4=O)c(C)c3)CC2=O)c1. The summed E-state index contributed by atoms with van der Waals surface area (Å²) in [4.78, 5) is 54.4. The monoisotopic (exact) mass is 474 g/mol. The Morgan fingerprint density at radius 2 is 1.74 bits per heavy atom. The van der Waals surface area contributed by atoms with Crippen molar-refractivity contribution in [2.24, 2.45) is 23.7 Å². The minimum Gasteiger partial charge on any atom is -0.426 e. The van der Waals surface area contributed by atoms with E-state index in [0.29, 0.717) is 22.9 Å². The molecule has 7 heteroatoms. The minimum absolute atomic E-state index is 0.0990. The van der Waals surface area contributed by atoms with E-state index in [1.807, 2.05) is 31.2 Å². The third kappa shape index (κ3) is 4.24. The van der Waals surface area contributed by atoms with E-state index < -0.39 is 11.9 Å². The van der Waals surface area contributed by atoms with Gasteiger partial charge >= 0.3 is 5.97 Å². The second-order valence-electron chi connectivity index (χ2n) is 10.3. The molecule has 2 aliphatic heterocycles. The van der Waals surface area contributed by atoms with Crippen LogP contribution in [0.2, 0.25) is 0 Å². The Kier molecular flexibility index (Phi) is 5.95. The van der Waals surface area contributed by atoms with Crippen molar-refractivity contribution in [1.82, 2.24) is 0 Å². The summed E-state index contributed by atoms with van der Waals surface area (Å²) >= 11 is 0. The molecule has 0 bridgehead atoms. The van der Waals surface area contributed by atoms with E-state index in [1.54, 1.807) is 30.0 Å². The van der Waals surface area contributed by atoms with E-state index in [-0.39, 0.29) is 42.5 Å². The van der Waals surface area contributed by atoms with Crippen LogP contribution >= 0.6 is 0 Å². The van der Waals surface area contributed by atoms with Crippen molar-refractivity contribution < 1.29 is 23.9 Å². The van der Waals surface area contributed by atoms with Crippen LogP contribution in [0.5, 0.6) is 5.75 Å². The molecule has 3 aliphatic rings. The maximum atomic E-state index is 13.1. The zero-order valence-electron chi connectivity index (χ0n) is 20.3. The highest BCUT2D eigenvalue weighted by atomic mass is 16.5. The molecule has 4 atom stereocenters. The summed E-state index contributed by atoms with van der Waals surface area (Å²) < 4.78 is 5.61. The number of esters is 1. The number of benzene rings is 2. The Morgan fingerprint density at radius 1 is 0.971 bits per heavy atom. The van der Waals surface area contributed by atoms with Gasteiger partial charge in [0.05, 0.1) is 23.4 Å². The molecule has 0 N–H and O–H groups in total. The van der Waals surface area contributed by atoms with Crippen LogP contribution in [0.15, 0.2) is 42.5 Å². The number of ether oxygens (including phenoxy) is 1. The number of aryl methyl sites for hydroxylation is 2. The molecule has 182 valence electrons. The van der Waals surface area contributed by atoms with Crippen LogP contribution in [0.3, 0.4) is 0 Å². The predicted molar refractivity (Wildman–Crippen MR) is 131 cm³/mol. The third-order valence-electron chi connectivity index (χ3n) is 7.59. The summed E-state index contributed by atoms with van der Waals surface area (Å²) in [5, 5.41) is 0. The summed E-state index contributed by atoms with van der Waals surface area (Å²) in [6.07, 6.45) is 2.57. The molecule has 2 heterocycles. The number of imide groups is 1. The van der Waals surface area contributed by atoms with Gasteiger partial charge in [0.2, 0.25) is 17.7 Å². The molecule has 2 saturated heterocycles. The van der Waals surface area contributed by atoms with Crippen LogP contribution in [-0.4, -0.2) is 30.2 Å².